The first-order valence-corrected chi connectivity index (χ1v) is 8.32. The second kappa shape index (κ2) is 7.91. The van der Waals surface area contributed by atoms with E-state index >= 15 is 0 Å². The molecule has 2 amide bonds. The highest BCUT2D eigenvalue weighted by atomic mass is 16.3. The lowest BCUT2D eigenvalue weighted by Gasteiger charge is -2.12. The number of amides is 2. The number of primary amides is 1. The molecule has 0 radical (unpaired) electrons. The maximum atomic E-state index is 12.4. The summed E-state index contributed by atoms with van der Waals surface area (Å²) in [5, 5.41) is 22.5. The SMILES string of the molecule is Cc1c(C(N)=O)c(O)n(C)c(=O)c1C=C=Cc1c(C)c(NC=O)c(=O)n(C)c1O. The summed E-state index contributed by atoms with van der Waals surface area (Å²) in [6.07, 6.45) is 2.93. The van der Waals surface area contributed by atoms with Crippen LogP contribution in [0.2, 0.25) is 0 Å². The molecule has 152 valence electrons. The molecule has 0 aliphatic heterocycles. The zero-order valence-electron chi connectivity index (χ0n) is 16.2. The Hall–Kier alpha value is -4.04. The van der Waals surface area contributed by atoms with Crippen LogP contribution < -0.4 is 22.2 Å². The molecule has 0 saturated carbocycles. The molecule has 29 heavy (non-hydrogen) atoms. The molecule has 0 aromatic carbocycles. The predicted molar refractivity (Wildman–Crippen MR) is 107 cm³/mol. The van der Waals surface area contributed by atoms with Crippen LogP contribution in [0.5, 0.6) is 11.8 Å². The molecule has 0 aliphatic carbocycles. The molecule has 10 nitrogen and oxygen atoms in total. The first kappa shape index (κ1) is 21.3. The molecule has 0 unspecified atom stereocenters. The number of aromatic nitrogens is 2. The van der Waals surface area contributed by atoms with Gasteiger partial charge >= 0.3 is 0 Å². The van der Waals surface area contributed by atoms with Crippen LogP contribution in [0.25, 0.3) is 12.2 Å². The van der Waals surface area contributed by atoms with Gasteiger partial charge in [0.25, 0.3) is 17.0 Å². The van der Waals surface area contributed by atoms with Crippen molar-refractivity contribution in [2.45, 2.75) is 13.8 Å². The maximum Gasteiger partial charge on any atom is 0.277 e. The summed E-state index contributed by atoms with van der Waals surface area (Å²) >= 11 is 0. The number of carbonyl (C=O) groups is 2. The van der Waals surface area contributed by atoms with Crippen molar-refractivity contribution in [2.75, 3.05) is 5.32 Å². The number of pyridine rings is 2. The highest BCUT2D eigenvalue weighted by molar-refractivity contribution is 5.97. The zero-order chi connectivity index (χ0) is 22.0. The summed E-state index contributed by atoms with van der Waals surface area (Å²) in [5.41, 5.74) is 7.33. The average molecular weight is 400 g/mol. The van der Waals surface area contributed by atoms with Crippen LogP contribution in [-0.2, 0) is 18.9 Å². The first-order valence-electron chi connectivity index (χ1n) is 8.32. The summed E-state index contributed by atoms with van der Waals surface area (Å²) in [6, 6.07) is 0. The minimum absolute atomic E-state index is 0.0129. The molecular weight excluding hydrogens is 380 g/mol. The van der Waals surface area contributed by atoms with Gasteiger partial charge in [0, 0.05) is 19.7 Å². The minimum atomic E-state index is -0.898. The molecule has 10 heteroatoms. The van der Waals surface area contributed by atoms with E-state index in [1.165, 1.54) is 40.1 Å². The van der Waals surface area contributed by atoms with E-state index in [0.29, 0.717) is 12.0 Å². The third-order valence-corrected chi connectivity index (χ3v) is 4.62. The smallest absolute Gasteiger partial charge is 0.277 e. The fourth-order valence-corrected chi connectivity index (χ4v) is 2.89. The second-order valence-corrected chi connectivity index (χ2v) is 6.28. The lowest BCUT2D eigenvalue weighted by Crippen LogP contribution is -2.25. The number of hydrogen-bond acceptors (Lipinski definition) is 6. The quantitative estimate of drug-likeness (QED) is 0.412. The van der Waals surface area contributed by atoms with E-state index in [-0.39, 0.29) is 33.8 Å². The van der Waals surface area contributed by atoms with Crippen molar-refractivity contribution in [3.8, 4) is 11.8 Å². The number of anilines is 1. The molecule has 2 aromatic heterocycles. The standard InChI is InChI=1S/C19H20N4O6/c1-9-11(16(26)22(3)18(28)13(9)15(20)25)6-5-7-12-10(2)14(21-8-24)19(29)23(4)17(12)27/h6-8,27-28H,1-4H3,(H2,20,25)(H,21,24). The van der Waals surface area contributed by atoms with E-state index in [1.807, 2.05) is 0 Å². The Morgan fingerprint density at radius 2 is 1.55 bits per heavy atom. The number of nitrogens with zero attached hydrogens (tertiary/aromatic N) is 2. The van der Waals surface area contributed by atoms with Crippen molar-refractivity contribution >= 4 is 30.2 Å². The Bertz CT molecular complexity index is 1210. The van der Waals surface area contributed by atoms with Gasteiger partial charge in [-0.2, -0.15) is 0 Å². The van der Waals surface area contributed by atoms with Crippen LogP contribution in [0.4, 0.5) is 5.69 Å². The second-order valence-electron chi connectivity index (χ2n) is 6.28. The summed E-state index contributed by atoms with van der Waals surface area (Å²) < 4.78 is 1.82. The predicted octanol–water partition coefficient (Wildman–Crippen LogP) is 0.105. The largest absolute Gasteiger partial charge is 0.494 e. The van der Waals surface area contributed by atoms with Gasteiger partial charge in [-0.3, -0.25) is 28.3 Å². The molecule has 0 saturated heterocycles. The summed E-state index contributed by atoms with van der Waals surface area (Å²) in [7, 11) is 2.61. The van der Waals surface area contributed by atoms with Crippen LogP contribution in [-0.4, -0.2) is 31.7 Å². The van der Waals surface area contributed by atoms with E-state index in [2.05, 4.69) is 11.0 Å². The van der Waals surface area contributed by atoms with Crippen molar-refractivity contribution in [3.63, 3.8) is 0 Å². The molecular formula is C19H20N4O6. The third kappa shape index (κ3) is 3.56. The number of nitrogens with one attached hydrogen (secondary N) is 1. The average Bonchev–Trinajstić information content (AvgIpc) is 2.66. The number of carbonyl (C=O) groups excluding carboxylic acids is 2. The lowest BCUT2D eigenvalue weighted by molar-refractivity contribution is -0.105. The summed E-state index contributed by atoms with van der Waals surface area (Å²) in [6.45, 7) is 2.98. The minimum Gasteiger partial charge on any atom is -0.494 e. The molecule has 0 bridgehead atoms. The Morgan fingerprint density at radius 1 is 1.00 bits per heavy atom. The van der Waals surface area contributed by atoms with E-state index in [0.717, 1.165) is 9.13 Å². The van der Waals surface area contributed by atoms with E-state index in [4.69, 9.17) is 5.73 Å². The highest BCUT2D eigenvalue weighted by Crippen LogP contribution is 2.25. The van der Waals surface area contributed by atoms with Crippen LogP contribution in [0.1, 0.15) is 32.6 Å². The fourth-order valence-electron chi connectivity index (χ4n) is 2.89. The van der Waals surface area contributed by atoms with E-state index < -0.39 is 22.9 Å². The van der Waals surface area contributed by atoms with Gasteiger partial charge in [0.15, 0.2) is 0 Å². The monoisotopic (exact) mass is 400 g/mol. The molecule has 0 fully saturated rings. The van der Waals surface area contributed by atoms with Crippen molar-refractivity contribution < 1.29 is 19.8 Å². The van der Waals surface area contributed by atoms with Crippen LogP contribution in [0, 0.1) is 13.8 Å². The molecule has 0 atom stereocenters. The van der Waals surface area contributed by atoms with Crippen molar-refractivity contribution in [1.82, 2.24) is 9.13 Å². The normalized spacial score (nSPS) is 10.2. The molecule has 0 spiro atoms. The van der Waals surface area contributed by atoms with Crippen LogP contribution in [0.3, 0.4) is 0 Å². The van der Waals surface area contributed by atoms with Gasteiger partial charge < -0.3 is 21.3 Å². The highest BCUT2D eigenvalue weighted by Gasteiger charge is 2.19. The van der Waals surface area contributed by atoms with Gasteiger partial charge in [-0.25, -0.2) is 0 Å². The van der Waals surface area contributed by atoms with E-state index in [1.54, 1.807) is 0 Å². The van der Waals surface area contributed by atoms with Crippen molar-refractivity contribution in [2.24, 2.45) is 19.8 Å². The van der Waals surface area contributed by atoms with Gasteiger partial charge in [-0.15, -0.1) is 5.73 Å². The van der Waals surface area contributed by atoms with E-state index in [9.17, 15) is 29.4 Å². The number of hydrogen-bond donors (Lipinski definition) is 4. The van der Waals surface area contributed by atoms with Crippen molar-refractivity contribution in [3.05, 3.63) is 54.3 Å². The number of aromatic hydroxyl groups is 2. The molecule has 2 heterocycles. The lowest BCUT2D eigenvalue weighted by atomic mass is 10.0. The number of rotatable bonds is 5. The Labute approximate surface area is 164 Å². The van der Waals surface area contributed by atoms with Gasteiger partial charge in [-0.05, 0) is 37.1 Å². The molecule has 0 aliphatic rings. The zero-order valence-corrected chi connectivity index (χ0v) is 16.2. The van der Waals surface area contributed by atoms with Crippen LogP contribution in [0.15, 0.2) is 15.3 Å². The fraction of sp³-hybridized carbons (Fsp3) is 0.211. The molecule has 2 aromatic rings. The van der Waals surface area contributed by atoms with Gasteiger partial charge in [-0.1, -0.05) is 0 Å². The van der Waals surface area contributed by atoms with Gasteiger partial charge in [0.2, 0.25) is 18.2 Å². The van der Waals surface area contributed by atoms with Crippen LogP contribution >= 0.6 is 0 Å². The van der Waals surface area contributed by atoms with Gasteiger partial charge in [0.05, 0.1) is 5.56 Å². The number of nitrogens with two attached hydrogens (primary N) is 1. The third-order valence-electron chi connectivity index (χ3n) is 4.62. The molecule has 5 N–H and O–H groups in total. The Balaban J connectivity index is 2.74. The Morgan fingerprint density at radius 3 is 2.10 bits per heavy atom. The summed E-state index contributed by atoms with van der Waals surface area (Å²) in [4.78, 5) is 46.9. The topological polar surface area (TPSA) is 157 Å². The first-order chi connectivity index (χ1) is 13.5. The molecule has 2 rings (SSSR count). The maximum absolute atomic E-state index is 12.4. The summed E-state index contributed by atoms with van der Waals surface area (Å²) in [5.74, 6) is -1.80. The van der Waals surface area contributed by atoms with Crippen molar-refractivity contribution in [1.29, 1.82) is 0 Å². The van der Waals surface area contributed by atoms with Gasteiger partial charge in [0.1, 0.15) is 11.3 Å². The Kier molecular flexibility index (Phi) is 5.80.